The standard InChI is InChI=1S/C16H16ClN3O/c17-13-3-1-2-10-4-7-14(19-16(10)13)20-11-5-6-12(20)9-18-15(21)8-11/h1-4,7,11-12H,5-6,8-9H2,(H,18,21)/t11-,12+/m1/s1. The van der Waals surface area contributed by atoms with Crippen molar-refractivity contribution >= 4 is 34.2 Å². The lowest BCUT2D eigenvalue weighted by atomic mass is 10.1. The molecule has 4 nitrogen and oxygen atoms in total. The highest BCUT2D eigenvalue weighted by Gasteiger charge is 2.38. The molecule has 1 aromatic carbocycles. The SMILES string of the molecule is O=C1C[C@H]2CC[C@@H](CN1)N2c1ccc2cccc(Cl)c2n1. The van der Waals surface area contributed by atoms with Crippen LogP contribution < -0.4 is 10.2 Å². The Morgan fingerprint density at radius 1 is 1.19 bits per heavy atom. The van der Waals surface area contributed by atoms with E-state index in [2.05, 4.69) is 16.3 Å². The number of halogens is 1. The number of para-hydroxylation sites is 1. The van der Waals surface area contributed by atoms with Crippen molar-refractivity contribution < 1.29 is 4.79 Å². The van der Waals surface area contributed by atoms with Crippen LogP contribution in [0.5, 0.6) is 0 Å². The number of pyridine rings is 1. The number of fused-ring (bicyclic) bond motifs is 3. The summed E-state index contributed by atoms with van der Waals surface area (Å²) in [6.45, 7) is 0.706. The zero-order valence-corrected chi connectivity index (χ0v) is 12.3. The van der Waals surface area contributed by atoms with Crippen LogP contribution in [0.4, 0.5) is 5.82 Å². The zero-order chi connectivity index (χ0) is 14.4. The molecule has 5 heteroatoms. The first-order valence-corrected chi connectivity index (χ1v) is 7.70. The molecule has 0 unspecified atom stereocenters. The summed E-state index contributed by atoms with van der Waals surface area (Å²) in [6, 6.07) is 10.5. The highest BCUT2D eigenvalue weighted by Crippen LogP contribution is 2.34. The normalized spacial score (nSPS) is 25.0. The lowest BCUT2D eigenvalue weighted by molar-refractivity contribution is -0.121. The maximum atomic E-state index is 11.7. The molecule has 2 fully saturated rings. The molecule has 0 saturated carbocycles. The Morgan fingerprint density at radius 3 is 2.95 bits per heavy atom. The number of hydrogen-bond donors (Lipinski definition) is 1. The van der Waals surface area contributed by atoms with Gasteiger partial charge in [-0.25, -0.2) is 4.98 Å². The third kappa shape index (κ3) is 2.14. The minimum absolute atomic E-state index is 0.144. The number of amides is 1. The molecule has 2 aliphatic heterocycles. The fraction of sp³-hybridized carbons (Fsp3) is 0.375. The predicted molar refractivity (Wildman–Crippen MR) is 83.7 cm³/mol. The van der Waals surface area contributed by atoms with Crippen molar-refractivity contribution in [2.24, 2.45) is 0 Å². The van der Waals surface area contributed by atoms with E-state index in [1.54, 1.807) is 0 Å². The van der Waals surface area contributed by atoms with Gasteiger partial charge in [0, 0.05) is 30.4 Å². The van der Waals surface area contributed by atoms with Crippen molar-refractivity contribution in [2.45, 2.75) is 31.3 Å². The molecule has 2 saturated heterocycles. The monoisotopic (exact) mass is 301 g/mol. The largest absolute Gasteiger partial charge is 0.354 e. The van der Waals surface area contributed by atoms with Gasteiger partial charge in [-0.05, 0) is 31.0 Å². The van der Waals surface area contributed by atoms with E-state index in [9.17, 15) is 4.79 Å². The molecule has 0 aliphatic carbocycles. The van der Waals surface area contributed by atoms with Gasteiger partial charge in [0.1, 0.15) is 5.82 Å². The Bertz CT molecular complexity index is 718. The smallest absolute Gasteiger partial charge is 0.222 e. The van der Waals surface area contributed by atoms with Crippen LogP contribution in [0.25, 0.3) is 10.9 Å². The van der Waals surface area contributed by atoms with E-state index in [4.69, 9.17) is 16.6 Å². The second kappa shape index (κ2) is 4.88. The van der Waals surface area contributed by atoms with Crippen molar-refractivity contribution in [1.29, 1.82) is 0 Å². The molecule has 1 amide bonds. The Kier molecular flexibility index (Phi) is 3.00. The molecule has 4 rings (SSSR count). The molecule has 108 valence electrons. The maximum Gasteiger partial charge on any atom is 0.222 e. The number of anilines is 1. The van der Waals surface area contributed by atoms with Gasteiger partial charge in [-0.3, -0.25) is 4.79 Å². The van der Waals surface area contributed by atoms with Gasteiger partial charge in [-0.15, -0.1) is 0 Å². The van der Waals surface area contributed by atoms with Gasteiger partial charge in [-0.2, -0.15) is 0 Å². The second-order valence-corrected chi connectivity index (χ2v) is 6.19. The van der Waals surface area contributed by atoms with Crippen LogP contribution in [0.15, 0.2) is 30.3 Å². The number of aromatic nitrogens is 1. The first kappa shape index (κ1) is 12.9. The van der Waals surface area contributed by atoms with Gasteiger partial charge in [0.15, 0.2) is 0 Å². The lowest BCUT2D eigenvalue weighted by Crippen LogP contribution is -2.38. The predicted octanol–water partition coefficient (Wildman–Crippen LogP) is 2.75. The van der Waals surface area contributed by atoms with Gasteiger partial charge in [0.05, 0.1) is 10.5 Å². The van der Waals surface area contributed by atoms with Crippen molar-refractivity contribution in [3.63, 3.8) is 0 Å². The Balaban J connectivity index is 1.79. The minimum atomic E-state index is 0.144. The molecule has 3 heterocycles. The van der Waals surface area contributed by atoms with E-state index in [1.807, 2.05) is 24.3 Å². The highest BCUT2D eigenvalue weighted by atomic mass is 35.5. The number of benzene rings is 1. The molecule has 0 spiro atoms. The molecule has 0 radical (unpaired) electrons. The summed E-state index contributed by atoms with van der Waals surface area (Å²) < 4.78 is 0. The quantitative estimate of drug-likeness (QED) is 0.881. The Labute approximate surface area is 128 Å². The van der Waals surface area contributed by atoms with Crippen LogP contribution in [0, 0.1) is 0 Å². The number of nitrogens with zero attached hydrogens (tertiary/aromatic N) is 2. The average molecular weight is 302 g/mol. The second-order valence-electron chi connectivity index (χ2n) is 5.78. The minimum Gasteiger partial charge on any atom is -0.354 e. The van der Waals surface area contributed by atoms with Crippen LogP contribution >= 0.6 is 11.6 Å². The first-order valence-electron chi connectivity index (χ1n) is 7.33. The molecule has 2 atom stereocenters. The molecular weight excluding hydrogens is 286 g/mol. The van der Waals surface area contributed by atoms with Crippen molar-refractivity contribution in [3.05, 3.63) is 35.4 Å². The number of hydrogen-bond acceptors (Lipinski definition) is 3. The van der Waals surface area contributed by atoms with E-state index in [0.29, 0.717) is 24.0 Å². The fourth-order valence-corrected chi connectivity index (χ4v) is 3.72. The lowest BCUT2D eigenvalue weighted by Gasteiger charge is -2.28. The van der Waals surface area contributed by atoms with E-state index in [0.717, 1.165) is 29.6 Å². The van der Waals surface area contributed by atoms with Gasteiger partial charge in [0.2, 0.25) is 5.91 Å². The summed E-state index contributed by atoms with van der Waals surface area (Å²) >= 11 is 6.26. The van der Waals surface area contributed by atoms with Crippen LogP contribution in [-0.2, 0) is 4.79 Å². The Morgan fingerprint density at radius 2 is 2.05 bits per heavy atom. The molecule has 1 N–H and O–H groups in total. The summed E-state index contributed by atoms with van der Waals surface area (Å²) in [4.78, 5) is 18.8. The highest BCUT2D eigenvalue weighted by molar-refractivity contribution is 6.35. The third-order valence-electron chi connectivity index (χ3n) is 4.50. The summed E-state index contributed by atoms with van der Waals surface area (Å²) in [5.41, 5.74) is 0.833. The molecular formula is C16H16ClN3O. The molecule has 21 heavy (non-hydrogen) atoms. The van der Waals surface area contributed by atoms with Gasteiger partial charge in [0.25, 0.3) is 0 Å². The van der Waals surface area contributed by atoms with E-state index >= 15 is 0 Å². The number of carbonyl (C=O) groups excluding carboxylic acids is 1. The average Bonchev–Trinajstić information content (AvgIpc) is 2.79. The summed E-state index contributed by atoms with van der Waals surface area (Å²) in [5.74, 6) is 1.07. The molecule has 2 aromatic rings. The van der Waals surface area contributed by atoms with E-state index in [1.165, 1.54) is 0 Å². The van der Waals surface area contributed by atoms with Crippen LogP contribution in [-0.4, -0.2) is 29.5 Å². The molecule has 1 aromatic heterocycles. The number of rotatable bonds is 1. The van der Waals surface area contributed by atoms with Crippen LogP contribution in [0.2, 0.25) is 5.02 Å². The summed E-state index contributed by atoms with van der Waals surface area (Å²) in [7, 11) is 0. The number of nitrogens with one attached hydrogen (secondary N) is 1. The van der Waals surface area contributed by atoms with Crippen molar-refractivity contribution in [3.8, 4) is 0 Å². The summed E-state index contributed by atoms with van der Waals surface area (Å²) in [6.07, 6.45) is 2.71. The maximum absolute atomic E-state index is 11.7. The van der Waals surface area contributed by atoms with Crippen molar-refractivity contribution in [1.82, 2.24) is 10.3 Å². The summed E-state index contributed by atoms with van der Waals surface area (Å²) in [5, 5.41) is 4.71. The van der Waals surface area contributed by atoms with Crippen LogP contribution in [0.3, 0.4) is 0 Å². The first-order chi connectivity index (χ1) is 10.2. The van der Waals surface area contributed by atoms with Gasteiger partial charge >= 0.3 is 0 Å². The Hall–Kier alpha value is -1.81. The van der Waals surface area contributed by atoms with Gasteiger partial charge < -0.3 is 10.2 Å². The zero-order valence-electron chi connectivity index (χ0n) is 11.6. The van der Waals surface area contributed by atoms with Crippen LogP contribution in [0.1, 0.15) is 19.3 Å². The number of carbonyl (C=O) groups is 1. The molecule has 2 aliphatic rings. The van der Waals surface area contributed by atoms with Gasteiger partial charge in [-0.1, -0.05) is 23.7 Å². The fourth-order valence-electron chi connectivity index (χ4n) is 3.50. The van der Waals surface area contributed by atoms with E-state index < -0.39 is 0 Å². The van der Waals surface area contributed by atoms with E-state index in [-0.39, 0.29) is 11.9 Å². The topological polar surface area (TPSA) is 45.2 Å². The third-order valence-corrected chi connectivity index (χ3v) is 4.80. The van der Waals surface area contributed by atoms with Crippen molar-refractivity contribution in [2.75, 3.05) is 11.4 Å². The molecule has 2 bridgehead atoms.